The van der Waals surface area contributed by atoms with Gasteiger partial charge in [-0.05, 0) is 43.2 Å². The second kappa shape index (κ2) is 7.78. The van der Waals surface area contributed by atoms with Crippen molar-refractivity contribution in [1.82, 2.24) is 10.2 Å². The maximum Gasteiger partial charge on any atom is 0.256 e. The van der Waals surface area contributed by atoms with Crippen LogP contribution < -0.4 is 5.32 Å². The minimum atomic E-state index is -0.502. The number of hydrogen-bond donors (Lipinski definition) is 1. The van der Waals surface area contributed by atoms with Crippen molar-refractivity contribution >= 4 is 27.7 Å². The molecule has 3 rings (SSSR count). The van der Waals surface area contributed by atoms with Crippen LogP contribution in [0.15, 0.2) is 53.0 Å². The van der Waals surface area contributed by atoms with Gasteiger partial charge in [-0.3, -0.25) is 9.59 Å². The van der Waals surface area contributed by atoms with Crippen molar-refractivity contribution in [2.45, 2.75) is 18.9 Å². The molecule has 1 fully saturated rings. The molecule has 130 valence electrons. The van der Waals surface area contributed by atoms with Crippen LogP contribution >= 0.6 is 15.9 Å². The Bertz CT molecular complexity index is 788. The lowest BCUT2D eigenvalue weighted by molar-refractivity contribution is 0.0693. The lowest BCUT2D eigenvalue weighted by Crippen LogP contribution is -2.46. The van der Waals surface area contributed by atoms with E-state index in [4.69, 9.17) is 0 Å². The fourth-order valence-electron chi connectivity index (χ4n) is 2.93. The SMILES string of the molecule is O=C(NC1CCN(C(=O)c2ccccc2F)CC1)c1cccc(Br)c1. The highest BCUT2D eigenvalue weighted by Gasteiger charge is 2.26. The Labute approximate surface area is 154 Å². The molecular formula is C19H18BrFN2O2. The monoisotopic (exact) mass is 404 g/mol. The van der Waals surface area contributed by atoms with Gasteiger partial charge >= 0.3 is 0 Å². The lowest BCUT2D eigenvalue weighted by Gasteiger charge is -2.32. The molecule has 1 saturated heterocycles. The van der Waals surface area contributed by atoms with Crippen molar-refractivity contribution in [2.24, 2.45) is 0 Å². The van der Waals surface area contributed by atoms with Gasteiger partial charge in [-0.1, -0.05) is 34.1 Å². The summed E-state index contributed by atoms with van der Waals surface area (Å²) >= 11 is 3.35. The smallest absolute Gasteiger partial charge is 0.256 e. The van der Waals surface area contributed by atoms with E-state index in [2.05, 4.69) is 21.2 Å². The largest absolute Gasteiger partial charge is 0.349 e. The van der Waals surface area contributed by atoms with Gasteiger partial charge in [0.15, 0.2) is 0 Å². The van der Waals surface area contributed by atoms with Crippen molar-refractivity contribution in [3.63, 3.8) is 0 Å². The van der Waals surface area contributed by atoms with Gasteiger partial charge in [0.2, 0.25) is 0 Å². The summed E-state index contributed by atoms with van der Waals surface area (Å²) in [4.78, 5) is 26.3. The first-order valence-corrected chi connectivity index (χ1v) is 8.94. The highest BCUT2D eigenvalue weighted by molar-refractivity contribution is 9.10. The number of amides is 2. The fourth-order valence-corrected chi connectivity index (χ4v) is 3.33. The first kappa shape index (κ1) is 17.6. The van der Waals surface area contributed by atoms with E-state index in [1.807, 2.05) is 12.1 Å². The first-order chi connectivity index (χ1) is 12.0. The zero-order valence-electron chi connectivity index (χ0n) is 13.5. The molecule has 4 nitrogen and oxygen atoms in total. The molecule has 2 amide bonds. The number of nitrogens with zero attached hydrogens (tertiary/aromatic N) is 1. The molecule has 6 heteroatoms. The van der Waals surface area contributed by atoms with Gasteiger partial charge in [-0.25, -0.2) is 4.39 Å². The number of likely N-dealkylation sites (tertiary alicyclic amines) is 1. The van der Waals surface area contributed by atoms with E-state index in [1.165, 1.54) is 12.1 Å². The Hall–Kier alpha value is -2.21. The summed E-state index contributed by atoms with van der Waals surface area (Å²) < 4.78 is 14.6. The van der Waals surface area contributed by atoms with Crippen molar-refractivity contribution in [1.29, 1.82) is 0 Å². The summed E-state index contributed by atoms with van der Waals surface area (Å²) in [5, 5.41) is 3.00. The minimum absolute atomic E-state index is 0.0103. The summed E-state index contributed by atoms with van der Waals surface area (Å²) in [7, 11) is 0. The number of rotatable bonds is 3. The van der Waals surface area contributed by atoms with Gasteiger partial charge < -0.3 is 10.2 Å². The normalized spacial score (nSPS) is 15.0. The Morgan fingerprint density at radius 1 is 1.08 bits per heavy atom. The third kappa shape index (κ3) is 4.25. The summed E-state index contributed by atoms with van der Waals surface area (Å²) in [6.45, 7) is 0.993. The average Bonchev–Trinajstić information content (AvgIpc) is 2.62. The third-order valence-electron chi connectivity index (χ3n) is 4.31. The lowest BCUT2D eigenvalue weighted by atomic mass is 10.0. The van der Waals surface area contributed by atoms with Gasteiger partial charge in [0, 0.05) is 29.2 Å². The molecule has 0 aliphatic carbocycles. The molecule has 0 aromatic heterocycles. The maximum absolute atomic E-state index is 13.8. The molecule has 1 aliphatic rings. The molecule has 1 N–H and O–H groups in total. The molecule has 0 spiro atoms. The molecule has 0 atom stereocenters. The van der Waals surface area contributed by atoms with Crippen LogP contribution in [-0.4, -0.2) is 35.8 Å². The van der Waals surface area contributed by atoms with Crippen molar-refractivity contribution in [3.05, 3.63) is 69.9 Å². The molecule has 0 radical (unpaired) electrons. The van der Waals surface area contributed by atoms with Crippen molar-refractivity contribution < 1.29 is 14.0 Å². The average molecular weight is 405 g/mol. The van der Waals surface area contributed by atoms with Crippen LogP contribution in [0.1, 0.15) is 33.6 Å². The highest BCUT2D eigenvalue weighted by Crippen LogP contribution is 2.17. The van der Waals surface area contributed by atoms with Crippen LogP contribution in [0.3, 0.4) is 0 Å². The van der Waals surface area contributed by atoms with E-state index in [9.17, 15) is 14.0 Å². The summed E-state index contributed by atoms with van der Waals surface area (Å²) in [6.07, 6.45) is 1.31. The van der Waals surface area contributed by atoms with Gasteiger partial charge in [-0.2, -0.15) is 0 Å². The predicted octanol–water partition coefficient (Wildman–Crippen LogP) is 3.62. The second-order valence-electron chi connectivity index (χ2n) is 6.03. The van der Waals surface area contributed by atoms with Crippen LogP contribution in [0.4, 0.5) is 4.39 Å². The molecule has 2 aromatic carbocycles. The van der Waals surface area contributed by atoms with Crippen LogP contribution in [0.5, 0.6) is 0 Å². The van der Waals surface area contributed by atoms with Crippen molar-refractivity contribution in [2.75, 3.05) is 13.1 Å². The standard InChI is InChI=1S/C19H18BrFN2O2/c20-14-5-3-4-13(12-14)18(24)22-15-8-10-23(11-9-15)19(25)16-6-1-2-7-17(16)21/h1-7,12,15H,8-11H2,(H,22,24). The molecule has 0 unspecified atom stereocenters. The van der Waals surface area contributed by atoms with E-state index >= 15 is 0 Å². The summed E-state index contributed by atoms with van der Waals surface area (Å²) in [5.74, 6) is -0.923. The van der Waals surface area contributed by atoms with Gasteiger partial charge in [0.25, 0.3) is 11.8 Å². The zero-order chi connectivity index (χ0) is 17.8. The number of hydrogen-bond acceptors (Lipinski definition) is 2. The second-order valence-corrected chi connectivity index (χ2v) is 6.95. The van der Waals surface area contributed by atoms with Crippen molar-refractivity contribution in [3.8, 4) is 0 Å². The summed E-state index contributed by atoms with van der Waals surface area (Å²) in [5.41, 5.74) is 0.693. The van der Waals surface area contributed by atoms with Crippen LogP contribution in [-0.2, 0) is 0 Å². The molecule has 25 heavy (non-hydrogen) atoms. The molecule has 0 bridgehead atoms. The molecule has 0 saturated carbocycles. The van der Waals surface area contributed by atoms with Gasteiger partial charge in [0.1, 0.15) is 5.82 Å². The number of benzene rings is 2. The van der Waals surface area contributed by atoms with Crippen LogP contribution in [0, 0.1) is 5.82 Å². The number of halogens is 2. The van der Waals surface area contributed by atoms with Crippen LogP contribution in [0.2, 0.25) is 0 Å². The topological polar surface area (TPSA) is 49.4 Å². The van der Waals surface area contributed by atoms with Crippen LogP contribution in [0.25, 0.3) is 0 Å². The van der Waals surface area contributed by atoms with E-state index in [0.29, 0.717) is 31.5 Å². The number of carbonyl (C=O) groups excluding carboxylic acids is 2. The van der Waals surface area contributed by atoms with E-state index < -0.39 is 5.82 Å². The molecule has 1 aliphatic heterocycles. The number of carbonyl (C=O) groups is 2. The number of nitrogens with one attached hydrogen (secondary N) is 1. The Morgan fingerprint density at radius 2 is 1.80 bits per heavy atom. The fraction of sp³-hybridized carbons (Fsp3) is 0.263. The Morgan fingerprint density at radius 3 is 2.48 bits per heavy atom. The van der Waals surface area contributed by atoms with E-state index in [-0.39, 0.29) is 23.4 Å². The van der Waals surface area contributed by atoms with Gasteiger partial charge in [0.05, 0.1) is 5.56 Å². The van der Waals surface area contributed by atoms with Gasteiger partial charge in [-0.15, -0.1) is 0 Å². The summed E-state index contributed by atoms with van der Waals surface area (Å²) in [6, 6.07) is 13.2. The zero-order valence-corrected chi connectivity index (χ0v) is 15.1. The molecular weight excluding hydrogens is 387 g/mol. The quantitative estimate of drug-likeness (QED) is 0.848. The highest BCUT2D eigenvalue weighted by atomic mass is 79.9. The maximum atomic E-state index is 13.8. The first-order valence-electron chi connectivity index (χ1n) is 8.15. The molecule has 1 heterocycles. The Balaban J connectivity index is 1.56. The predicted molar refractivity (Wildman–Crippen MR) is 96.9 cm³/mol. The minimum Gasteiger partial charge on any atom is -0.349 e. The Kier molecular flexibility index (Phi) is 5.48. The van der Waals surface area contributed by atoms with E-state index in [1.54, 1.807) is 29.2 Å². The molecule has 2 aromatic rings. The number of piperidine rings is 1. The van der Waals surface area contributed by atoms with E-state index in [0.717, 1.165) is 4.47 Å². The third-order valence-corrected chi connectivity index (χ3v) is 4.80.